The van der Waals surface area contributed by atoms with E-state index in [0.717, 1.165) is 12.4 Å². The van der Waals surface area contributed by atoms with Crippen molar-refractivity contribution in [1.29, 1.82) is 0 Å². The van der Waals surface area contributed by atoms with Crippen molar-refractivity contribution in [3.63, 3.8) is 0 Å². The van der Waals surface area contributed by atoms with E-state index in [2.05, 4.69) is 15.3 Å². The lowest BCUT2D eigenvalue weighted by Gasteiger charge is -2.24. The fourth-order valence-corrected chi connectivity index (χ4v) is 2.02. The minimum atomic E-state index is -0.752. The van der Waals surface area contributed by atoms with Crippen molar-refractivity contribution in [2.45, 2.75) is 18.6 Å². The van der Waals surface area contributed by atoms with E-state index in [1.807, 2.05) is 18.0 Å². The van der Waals surface area contributed by atoms with Crippen molar-refractivity contribution in [2.24, 2.45) is 0 Å². The lowest BCUT2D eigenvalue weighted by molar-refractivity contribution is 0.355. The molecule has 4 nitrogen and oxygen atoms in total. The molecule has 15 heavy (non-hydrogen) atoms. The Morgan fingerprint density at radius 2 is 2.53 bits per heavy atom. The Morgan fingerprint density at radius 3 is 3.20 bits per heavy atom. The van der Waals surface area contributed by atoms with Crippen LogP contribution < -0.4 is 10.2 Å². The average molecular weight is 210 g/mol. The standard InChI is InChI=1S/C10H15FN4/c1-12-5-9-4-8(11)6-15(9)10-2-3-13-7-14-10/h2-3,7-9,12H,4-6H2,1H3/t8-,9+/m1/s1. The molecule has 1 aliphatic heterocycles. The first-order chi connectivity index (χ1) is 7.31. The summed E-state index contributed by atoms with van der Waals surface area (Å²) in [5, 5.41) is 3.08. The maximum absolute atomic E-state index is 13.3. The molecule has 0 spiro atoms. The zero-order valence-electron chi connectivity index (χ0n) is 8.73. The number of halogens is 1. The van der Waals surface area contributed by atoms with Gasteiger partial charge in [-0.3, -0.25) is 0 Å². The maximum Gasteiger partial charge on any atom is 0.132 e. The van der Waals surface area contributed by atoms with Gasteiger partial charge in [0, 0.05) is 25.2 Å². The molecular weight excluding hydrogens is 195 g/mol. The minimum absolute atomic E-state index is 0.194. The van der Waals surface area contributed by atoms with Crippen molar-refractivity contribution >= 4 is 5.82 Å². The lowest BCUT2D eigenvalue weighted by Crippen LogP contribution is -2.37. The summed E-state index contributed by atoms with van der Waals surface area (Å²) in [6.45, 7) is 1.22. The van der Waals surface area contributed by atoms with Gasteiger partial charge in [0.25, 0.3) is 0 Å². The van der Waals surface area contributed by atoms with Crippen molar-refractivity contribution in [1.82, 2.24) is 15.3 Å². The molecule has 82 valence electrons. The number of nitrogens with zero attached hydrogens (tertiary/aromatic N) is 3. The highest BCUT2D eigenvalue weighted by atomic mass is 19.1. The molecule has 0 unspecified atom stereocenters. The number of nitrogens with one attached hydrogen (secondary N) is 1. The fourth-order valence-electron chi connectivity index (χ4n) is 2.02. The van der Waals surface area contributed by atoms with Gasteiger partial charge in [-0.05, 0) is 13.1 Å². The van der Waals surface area contributed by atoms with Crippen LogP contribution >= 0.6 is 0 Å². The number of alkyl halides is 1. The van der Waals surface area contributed by atoms with E-state index >= 15 is 0 Å². The highest BCUT2D eigenvalue weighted by Gasteiger charge is 2.32. The van der Waals surface area contributed by atoms with Crippen LogP contribution in [0.25, 0.3) is 0 Å². The Balaban J connectivity index is 2.13. The van der Waals surface area contributed by atoms with Gasteiger partial charge in [-0.25, -0.2) is 14.4 Å². The number of hydrogen-bond acceptors (Lipinski definition) is 4. The first kappa shape index (κ1) is 10.3. The summed E-state index contributed by atoms with van der Waals surface area (Å²) < 4.78 is 13.3. The highest BCUT2D eigenvalue weighted by molar-refractivity contribution is 5.40. The molecule has 0 radical (unpaired) electrons. The fraction of sp³-hybridized carbons (Fsp3) is 0.600. The molecule has 1 fully saturated rings. The lowest BCUT2D eigenvalue weighted by atomic mass is 10.2. The molecule has 2 heterocycles. The molecule has 1 aromatic rings. The van der Waals surface area contributed by atoms with E-state index in [9.17, 15) is 4.39 Å². The molecule has 1 aliphatic rings. The van der Waals surface area contributed by atoms with E-state index in [1.54, 1.807) is 6.20 Å². The van der Waals surface area contributed by atoms with Crippen molar-refractivity contribution in [3.8, 4) is 0 Å². The first-order valence-corrected chi connectivity index (χ1v) is 5.12. The molecule has 1 saturated heterocycles. The Labute approximate surface area is 88.5 Å². The Morgan fingerprint density at radius 1 is 1.67 bits per heavy atom. The monoisotopic (exact) mass is 210 g/mol. The minimum Gasteiger partial charge on any atom is -0.349 e. The smallest absolute Gasteiger partial charge is 0.132 e. The largest absolute Gasteiger partial charge is 0.349 e. The molecule has 5 heteroatoms. The van der Waals surface area contributed by atoms with Crippen LogP contribution in [0.5, 0.6) is 0 Å². The van der Waals surface area contributed by atoms with Crippen molar-refractivity contribution in [2.75, 3.05) is 25.0 Å². The second-order valence-corrected chi connectivity index (χ2v) is 3.76. The van der Waals surface area contributed by atoms with Gasteiger partial charge < -0.3 is 10.2 Å². The van der Waals surface area contributed by atoms with E-state index in [4.69, 9.17) is 0 Å². The summed E-state index contributed by atoms with van der Waals surface area (Å²) >= 11 is 0. The van der Waals surface area contributed by atoms with Gasteiger partial charge in [0.2, 0.25) is 0 Å². The van der Waals surface area contributed by atoms with Crippen LogP contribution in [0.1, 0.15) is 6.42 Å². The van der Waals surface area contributed by atoms with Crippen LogP contribution in [0, 0.1) is 0 Å². The first-order valence-electron chi connectivity index (χ1n) is 5.12. The molecule has 0 saturated carbocycles. The molecule has 1 aromatic heterocycles. The van der Waals surface area contributed by atoms with E-state index in [0.29, 0.717) is 13.0 Å². The van der Waals surface area contributed by atoms with Crippen LogP contribution in [-0.4, -0.2) is 42.3 Å². The van der Waals surface area contributed by atoms with Crippen LogP contribution in [0.3, 0.4) is 0 Å². The average Bonchev–Trinajstić information content (AvgIpc) is 2.62. The van der Waals surface area contributed by atoms with E-state index in [1.165, 1.54) is 6.33 Å². The van der Waals surface area contributed by atoms with Gasteiger partial charge >= 0.3 is 0 Å². The zero-order chi connectivity index (χ0) is 10.7. The van der Waals surface area contributed by atoms with Crippen molar-refractivity contribution < 1.29 is 4.39 Å². The molecule has 0 bridgehead atoms. The van der Waals surface area contributed by atoms with Crippen LogP contribution in [-0.2, 0) is 0 Å². The van der Waals surface area contributed by atoms with Crippen LogP contribution in [0.15, 0.2) is 18.6 Å². The molecule has 2 atom stereocenters. The molecule has 0 amide bonds. The van der Waals surface area contributed by atoms with E-state index < -0.39 is 6.17 Å². The summed E-state index contributed by atoms with van der Waals surface area (Å²) in [5.41, 5.74) is 0. The highest BCUT2D eigenvalue weighted by Crippen LogP contribution is 2.24. The molecule has 0 aromatic carbocycles. The summed E-state index contributed by atoms with van der Waals surface area (Å²) in [6, 6.07) is 2.01. The molecular formula is C10H15FN4. The molecule has 1 N–H and O–H groups in total. The Kier molecular flexibility index (Phi) is 3.11. The number of aromatic nitrogens is 2. The maximum atomic E-state index is 13.3. The predicted molar refractivity (Wildman–Crippen MR) is 56.6 cm³/mol. The number of likely N-dealkylation sites (N-methyl/N-ethyl adjacent to an activating group) is 1. The quantitative estimate of drug-likeness (QED) is 0.793. The van der Waals surface area contributed by atoms with Crippen LogP contribution in [0.4, 0.5) is 10.2 Å². The zero-order valence-corrected chi connectivity index (χ0v) is 8.73. The van der Waals surface area contributed by atoms with Gasteiger partial charge in [0.1, 0.15) is 18.3 Å². The predicted octanol–water partition coefficient (Wildman–Crippen LogP) is 0.613. The SMILES string of the molecule is CNC[C@@H]1C[C@@H](F)CN1c1ccncn1. The van der Waals surface area contributed by atoms with Gasteiger partial charge in [-0.15, -0.1) is 0 Å². The topological polar surface area (TPSA) is 41.0 Å². The Hall–Kier alpha value is -1.23. The van der Waals surface area contributed by atoms with E-state index in [-0.39, 0.29) is 6.04 Å². The van der Waals surface area contributed by atoms with Gasteiger partial charge in [0.15, 0.2) is 0 Å². The third-order valence-corrected chi connectivity index (χ3v) is 2.66. The second-order valence-electron chi connectivity index (χ2n) is 3.76. The number of hydrogen-bond donors (Lipinski definition) is 1. The van der Waals surface area contributed by atoms with Crippen molar-refractivity contribution in [3.05, 3.63) is 18.6 Å². The second kappa shape index (κ2) is 4.53. The summed E-state index contributed by atoms with van der Waals surface area (Å²) in [7, 11) is 1.88. The van der Waals surface area contributed by atoms with Gasteiger partial charge in [-0.1, -0.05) is 0 Å². The van der Waals surface area contributed by atoms with Crippen LogP contribution in [0.2, 0.25) is 0 Å². The summed E-state index contributed by atoms with van der Waals surface area (Å²) in [6.07, 6.45) is 3.00. The number of rotatable bonds is 3. The number of anilines is 1. The third-order valence-electron chi connectivity index (χ3n) is 2.66. The molecule has 2 rings (SSSR count). The molecule has 0 aliphatic carbocycles. The summed E-state index contributed by atoms with van der Waals surface area (Å²) in [5.74, 6) is 0.811. The van der Waals surface area contributed by atoms with Gasteiger partial charge in [0.05, 0.1) is 6.54 Å². The normalized spacial score (nSPS) is 25.9. The third kappa shape index (κ3) is 2.23. The van der Waals surface area contributed by atoms with Gasteiger partial charge in [-0.2, -0.15) is 0 Å². The summed E-state index contributed by atoms with van der Waals surface area (Å²) in [4.78, 5) is 10.0. The Bertz CT molecular complexity index is 306.